The van der Waals surface area contributed by atoms with Gasteiger partial charge in [0.15, 0.2) is 0 Å². The number of nitrogens with zero attached hydrogens (tertiary/aromatic N) is 1. The van der Waals surface area contributed by atoms with E-state index >= 15 is 0 Å². The molecule has 1 saturated carbocycles. The van der Waals surface area contributed by atoms with Crippen molar-refractivity contribution in [3.63, 3.8) is 0 Å². The van der Waals surface area contributed by atoms with E-state index in [1.165, 1.54) is 16.7 Å². The molecule has 0 unspecified atom stereocenters. The van der Waals surface area contributed by atoms with Gasteiger partial charge >= 0.3 is 0 Å². The molecule has 1 aliphatic carbocycles. The Hall–Kier alpha value is -1.64. The van der Waals surface area contributed by atoms with Crippen molar-refractivity contribution in [3.05, 3.63) is 60.2 Å². The number of benzene rings is 2. The van der Waals surface area contributed by atoms with E-state index in [0.717, 1.165) is 19.3 Å². The summed E-state index contributed by atoms with van der Waals surface area (Å²) in [5, 5.41) is 10.2. The molecule has 2 aromatic rings. The fourth-order valence-electron chi connectivity index (χ4n) is 3.61. The molecule has 116 valence electrons. The molecule has 0 saturated heterocycles. The number of aliphatic hydroxyl groups excluding tert-OH is 1. The maximum Gasteiger partial charge on any atom is 0.0698 e. The minimum Gasteiger partial charge on any atom is -0.391 e. The highest BCUT2D eigenvalue weighted by molar-refractivity contribution is 5.63. The Morgan fingerprint density at radius 1 is 0.909 bits per heavy atom. The fourth-order valence-corrected chi connectivity index (χ4v) is 3.61. The average molecular weight is 295 g/mol. The number of hydrogen-bond acceptors (Lipinski definition) is 2. The van der Waals surface area contributed by atoms with E-state index < -0.39 is 0 Å². The lowest BCUT2D eigenvalue weighted by atomic mass is 9.96. The number of aliphatic hydroxyl groups is 1. The van der Waals surface area contributed by atoms with Gasteiger partial charge in [-0.15, -0.1) is 0 Å². The summed E-state index contributed by atoms with van der Waals surface area (Å²) in [6.45, 7) is 0. The Labute approximate surface area is 133 Å². The highest BCUT2D eigenvalue weighted by Crippen LogP contribution is 2.31. The third-order valence-corrected chi connectivity index (χ3v) is 4.84. The number of hydrogen-bond donors (Lipinski definition) is 1. The van der Waals surface area contributed by atoms with Crippen LogP contribution in [-0.4, -0.2) is 36.2 Å². The molecule has 1 fully saturated rings. The molecule has 0 amide bonds. The predicted octanol–water partition coefficient (Wildman–Crippen LogP) is 3.60. The lowest BCUT2D eigenvalue weighted by Gasteiger charge is -2.22. The van der Waals surface area contributed by atoms with Crippen molar-refractivity contribution >= 4 is 0 Å². The molecule has 0 heterocycles. The maximum absolute atomic E-state index is 10.2. The molecule has 0 spiro atoms. The fraction of sp³-hybridized carbons (Fsp3) is 0.400. The highest BCUT2D eigenvalue weighted by atomic mass is 16.3. The van der Waals surface area contributed by atoms with Crippen molar-refractivity contribution in [2.45, 2.75) is 31.4 Å². The van der Waals surface area contributed by atoms with Crippen molar-refractivity contribution in [1.29, 1.82) is 0 Å². The predicted molar refractivity (Wildman–Crippen MR) is 91.8 cm³/mol. The van der Waals surface area contributed by atoms with E-state index in [-0.39, 0.29) is 6.10 Å². The van der Waals surface area contributed by atoms with Crippen molar-refractivity contribution in [2.75, 3.05) is 14.1 Å². The normalized spacial score (nSPS) is 24.8. The van der Waals surface area contributed by atoms with E-state index in [2.05, 4.69) is 67.5 Å². The summed E-state index contributed by atoms with van der Waals surface area (Å²) in [7, 11) is 4.12. The first-order valence-corrected chi connectivity index (χ1v) is 8.12. The van der Waals surface area contributed by atoms with E-state index in [9.17, 15) is 5.11 Å². The van der Waals surface area contributed by atoms with Crippen molar-refractivity contribution in [2.24, 2.45) is 5.92 Å². The summed E-state index contributed by atoms with van der Waals surface area (Å²) < 4.78 is 0. The van der Waals surface area contributed by atoms with Crippen molar-refractivity contribution < 1.29 is 5.11 Å². The van der Waals surface area contributed by atoms with Gasteiger partial charge in [-0.1, -0.05) is 54.6 Å². The van der Waals surface area contributed by atoms with Crippen LogP contribution in [0.15, 0.2) is 54.6 Å². The van der Waals surface area contributed by atoms with Crippen LogP contribution in [-0.2, 0) is 6.42 Å². The van der Waals surface area contributed by atoms with Gasteiger partial charge in [-0.3, -0.25) is 0 Å². The van der Waals surface area contributed by atoms with Crippen molar-refractivity contribution in [1.82, 2.24) is 4.90 Å². The lowest BCUT2D eigenvalue weighted by molar-refractivity contribution is 0.0997. The van der Waals surface area contributed by atoms with Crippen LogP contribution in [0.2, 0.25) is 0 Å². The summed E-state index contributed by atoms with van der Waals surface area (Å²) in [4.78, 5) is 2.16. The zero-order valence-corrected chi connectivity index (χ0v) is 13.4. The van der Waals surface area contributed by atoms with Gasteiger partial charge in [-0.2, -0.15) is 0 Å². The summed E-state index contributed by atoms with van der Waals surface area (Å²) in [6, 6.07) is 19.7. The monoisotopic (exact) mass is 295 g/mol. The van der Waals surface area contributed by atoms with Crippen molar-refractivity contribution in [3.8, 4) is 11.1 Å². The molecule has 2 aromatic carbocycles. The molecular weight excluding hydrogens is 270 g/mol. The zero-order valence-electron chi connectivity index (χ0n) is 13.4. The van der Waals surface area contributed by atoms with Gasteiger partial charge < -0.3 is 10.0 Å². The molecule has 0 bridgehead atoms. The van der Waals surface area contributed by atoms with Crippen LogP contribution in [0.4, 0.5) is 0 Å². The Balaban J connectivity index is 1.65. The summed E-state index contributed by atoms with van der Waals surface area (Å²) in [6.07, 6.45) is 2.90. The second-order valence-corrected chi connectivity index (χ2v) is 6.70. The van der Waals surface area contributed by atoms with Gasteiger partial charge in [0.1, 0.15) is 0 Å². The Bertz CT molecular complexity index is 591. The average Bonchev–Trinajstić information content (AvgIpc) is 2.90. The first-order chi connectivity index (χ1) is 10.6. The molecule has 3 atom stereocenters. The first kappa shape index (κ1) is 15.3. The lowest BCUT2D eigenvalue weighted by Crippen LogP contribution is -2.34. The third kappa shape index (κ3) is 3.40. The molecule has 0 radical (unpaired) electrons. The SMILES string of the molecule is CN(C)[C@@H]1C[C@H](Cc2ccc(-c3ccccc3)cc2)C[C@H]1O. The molecular formula is C20H25NO. The van der Waals surface area contributed by atoms with Gasteiger partial charge in [-0.05, 0) is 56.0 Å². The van der Waals surface area contributed by atoms with Crippen LogP contribution in [0.3, 0.4) is 0 Å². The van der Waals surface area contributed by atoms with Gasteiger partial charge in [0, 0.05) is 6.04 Å². The Morgan fingerprint density at radius 2 is 1.55 bits per heavy atom. The summed E-state index contributed by atoms with van der Waals surface area (Å²) >= 11 is 0. The number of likely N-dealkylation sites (N-methyl/N-ethyl adjacent to an activating group) is 1. The largest absolute Gasteiger partial charge is 0.391 e. The highest BCUT2D eigenvalue weighted by Gasteiger charge is 2.33. The van der Waals surface area contributed by atoms with Crippen LogP contribution in [0.1, 0.15) is 18.4 Å². The van der Waals surface area contributed by atoms with Gasteiger partial charge in [0.05, 0.1) is 6.10 Å². The van der Waals surface area contributed by atoms with Crippen LogP contribution >= 0.6 is 0 Å². The molecule has 0 aliphatic heterocycles. The van der Waals surface area contributed by atoms with Crippen LogP contribution in [0.25, 0.3) is 11.1 Å². The number of rotatable bonds is 4. The van der Waals surface area contributed by atoms with E-state index in [0.29, 0.717) is 12.0 Å². The Morgan fingerprint density at radius 3 is 2.14 bits per heavy atom. The molecule has 3 rings (SSSR count). The summed E-state index contributed by atoms with van der Waals surface area (Å²) in [5.74, 6) is 0.588. The van der Waals surface area contributed by atoms with E-state index in [1.54, 1.807) is 0 Å². The standard InChI is InChI=1S/C20H25NO/c1-21(2)19-13-16(14-20(19)22)12-15-8-10-18(11-9-15)17-6-4-3-5-7-17/h3-11,16,19-20,22H,12-14H2,1-2H3/t16-,19+,20+/m0/s1. The molecule has 2 heteroatoms. The smallest absolute Gasteiger partial charge is 0.0698 e. The minimum atomic E-state index is -0.177. The van der Waals surface area contributed by atoms with E-state index in [4.69, 9.17) is 0 Å². The third-order valence-electron chi connectivity index (χ3n) is 4.84. The quantitative estimate of drug-likeness (QED) is 0.931. The molecule has 1 N–H and O–H groups in total. The molecule has 22 heavy (non-hydrogen) atoms. The minimum absolute atomic E-state index is 0.177. The topological polar surface area (TPSA) is 23.5 Å². The molecule has 2 nitrogen and oxygen atoms in total. The zero-order chi connectivity index (χ0) is 15.5. The van der Waals surface area contributed by atoms with Gasteiger partial charge in [-0.25, -0.2) is 0 Å². The van der Waals surface area contributed by atoms with Gasteiger partial charge in [0.25, 0.3) is 0 Å². The van der Waals surface area contributed by atoms with Crippen LogP contribution in [0, 0.1) is 5.92 Å². The first-order valence-electron chi connectivity index (χ1n) is 8.12. The van der Waals surface area contributed by atoms with Crippen LogP contribution < -0.4 is 0 Å². The van der Waals surface area contributed by atoms with Gasteiger partial charge in [0.2, 0.25) is 0 Å². The molecule has 1 aliphatic rings. The van der Waals surface area contributed by atoms with E-state index in [1.807, 2.05) is 6.07 Å². The Kier molecular flexibility index (Phi) is 4.60. The summed E-state index contributed by atoms with van der Waals surface area (Å²) in [5.41, 5.74) is 3.90. The second-order valence-electron chi connectivity index (χ2n) is 6.70. The maximum atomic E-state index is 10.2. The second kappa shape index (κ2) is 6.64. The molecule has 0 aromatic heterocycles. The van der Waals surface area contributed by atoms with Crippen LogP contribution in [0.5, 0.6) is 0 Å².